The minimum atomic E-state index is -0.187. The highest BCUT2D eigenvalue weighted by molar-refractivity contribution is 5.88. The van der Waals surface area contributed by atoms with Crippen molar-refractivity contribution >= 4 is 11.8 Å². The highest BCUT2D eigenvalue weighted by Gasteiger charge is 2.19. The van der Waals surface area contributed by atoms with Gasteiger partial charge in [-0.2, -0.15) is 0 Å². The van der Waals surface area contributed by atoms with Crippen molar-refractivity contribution in [2.75, 3.05) is 6.54 Å². The van der Waals surface area contributed by atoms with Crippen LogP contribution in [0.1, 0.15) is 45.1 Å². The molecule has 110 valence electrons. The van der Waals surface area contributed by atoms with E-state index in [0.717, 1.165) is 18.4 Å². The van der Waals surface area contributed by atoms with E-state index in [1.165, 1.54) is 0 Å². The second-order valence-electron chi connectivity index (χ2n) is 5.19. The Kier molecular flexibility index (Phi) is 6.77. The van der Waals surface area contributed by atoms with Gasteiger partial charge in [-0.15, -0.1) is 0 Å². The van der Waals surface area contributed by atoms with E-state index >= 15 is 0 Å². The SMILES string of the molecule is CCCC(C(=O)NCC(=O)NC(C)C)c1ccccc1. The largest absolute Gasteiger partial charge is 0.352 e. The van der Waals surface area contributed by atoms with Gasteiger partial charge in [-0.3, -0.25) is 9.59 Å². The van der Waals surface area contributed by atoms with E-state index in [4.69, 9.17) is 0 Å². The van der Waals surface area contributed by atoms with E-state index in [1.54, 1.807) is 0 Å². The van der Waals surface area contributed by atoms with Gasteiger partial charge in [0.25, 0.3) is 0 Å². The molecule has 4 heteroatoms. The first-order chi connectivity index (χ1) is 9.54. The molecule has 1 rings (SSSR count). The summed E-state index contributed by atoms with van der Waals surface area (Å²) in [4.78, 5) is 23.8. The van der Waals surface area contributed by atoms with Gasteiger partial charge in [-0.05, 0) is 25.8 Å². The number of benzene rings is 1. The van der Waals surface area contributed by atoms with Crippen LogP contribution in [0.2, 0.25) is 0 Å². The smallest absolute Gasteiger partial charge is 0.239 e. The molecule has 0 aliphatic rings. The van der Waals surface area contributed by atoms with E-state index in [9.17, 15) is 9.59 Å². The fourth-order valence-corrected chi connectivity index (χ4v) is 2.09. The zero-order chi connectivity index (χ0) is 15.0. The summed E-state index contributed by atoms with van der Waals surface area (Å²) in [5.41, 5.74) is 0.996. The summed E-state index contributed by atoms with van der Waals surface area (Å²) in [6.45, 7) is 5.87. The fraction of sp³-hybridized carbons (Fsp3) is 0.500. The lowest BCUT2D eigenvalue weighted by Crippen LogP contribution is -2.41. The fourth-order valence-electron chi connectivity index (χ4n) is 2.09. The van der Waals surface area contributed by atoms with Crippen LogP contribution in [0.3, 0.4) is 0 Å². The Balaban J connectivity index is 2.59. The number of carbonyl (C=O) groups is 2. The number of hydrogen-bond donors (Lipinski definition) is 2. The summed E-state index contributed by atoms with van der Waals surface area (Å²) >= 11 is 0. The molecule has 0 bridgehead atoms. The minimum Gasteiger partial charge on any atom is -0.352 e. The van der Waals surface area contributed by atoms with Crippen LogP contribution in [0.25, 0.3) is 0 Å². The molecule has 0 fully saturated rings. The van der Waals surface area contributed by atoms with Crippen LogP contribution in [0.5, 0.6) is 0 Å². The first-order valence-electron chi connectivity index (χ1n) is 7.16. The molecule has 2 amide bonds. The quantitative estimate of drug-likeness (QED) is 0.802. The maximum Gasteiger partial charge on any atom is 0.239 e. The third-order valence-electron chi connectivity index (χ3n) is 2.97. The molecule has 0 aromatic heterocycles. The summed E-state index contributed by atoms with van der Waals surface area (Å²) in [6, 6.07) is 9.77. The zero-order valence-corrected chi connectivity index (χ0v) is 12.5. The maximum absolute atomic E-state index is 12.2. The highest BCUT2D eigenvalue weighted by atomic mass is 16.2. The van der Waals surface area contributed by atoms with Crippen molar-refractivity contribution in [2.24, 2.45) is 0 Å². The number of rotatable bonds is 7. The Morgan fingerprint density at radius 1 is 1.15 bits per heavy atom. The van der Waals surface area contributed by atoms with Crippen LogP contribution in [0, 0.1) is 0 Å². The lowest BCUT2D eigenvalue weighted by molar-refractivity contribution is -0.127. The Hall–Kier alpha value is -1.84. The monoisotopic (exact) mass is 276 g/mol. The van der Waals surface area contributed by atoms with Crippen LogP contribution in [-0.4, -0.2) is 24.4 Å². The van der Waals surface area contributed by atoms with Crippen molar-refractivity contribution < 1.29 is 9.59 Å². The van der Waals surface area contributed by atoms with Crippen LogP contribution in [-0.2, 0) is 9.59 Å². The lowest BCUT2D eigenvalue weighted by Gasteiger charge is -2.17. The first-order valence-corrected chi connectivity index (χ1v) is 7.16. The van der Waals surface area contributed by atoms with Crippen molar-refractivity contribution in [3.05, 3.63) is 35.9 Å². The van der Waals surface area contributed by atoms with Crippen LogP contribution >= 0.6 is 0 Å². The van der Waals surface area contributed by atoms with Gasteiger partial charge in [0.1, 0.15) is 0 Å². The molecule has 0 saturated heterocycles. The van der Waals surface area contributed by atoms with E-state index in [1.807, 2.05) is 44.2 Å². The van der Waals surface area contributed by atoms with E-state index in [2.05, 4.69) is 17.6 Å². The van der Waals surface area contributed by atoms with Gasteiger partial charge in [0.2, 0.25) is 11.8 Å². The highest BCUT2D eigenvalue weighted by Crippen LogP contribution is 2.21. The normalized spacial score (nSPS) is 12.0. The second-order valence-corrected chi connectivity index (χ2v) is 5.19. The number of carbonyl (C=O) groups excluding carboxylic acids is 2. The molecule has 0 spiro atoms. The standard InChI is InChI=1S/C16H24N2O2/c1-4-8-14(13-9-6-5-7-10-13)16(20)17-11-15(19)18-12(2)3/h5-7,9-10,12,14H,4,8,11H2,1-3H3,(H,17,20)(H,18,19). The van der Waals surface area contributed by atoms with Gasteiger partial charge >= 0.3 is 0 Å². The molecule has 0 aliphatic carbocycles. The predicted molar refractivity (Wildman–Crippen MR) is 80.4 cm³/mol. The zero-order valence-electron chi connectivity index (χ0n) is 12.5. The van der Waals surface area contributed by atoms with Gasteiger partial charge in [0, 0.05) is 6.04 Å². The molecular formula is C16H24N2O2. The topological polar surface area (TPSA) is 58.2 Å². The van der Waals surface area contributed by atoms with Crippen molar-refractivity contribution in [3.8, 4) is 0 Å². The number of hydrogen-bond acceptors (Lipinski definition) is 2. The van der Waals surface area contributed by atoms with E-state index in [0.29, 0.717) is 0 Å². The van der Waals surface area contributed by atoms with Gasteiger partial charge < -0.3 is 10.6 Å². The predicted octanol–water partition coefficient (Wildman–Crippen LogP) is 2.21. The molecule has 0 radical (unpaired) electrons. The summed E-state index contributed by atoms with van der Waals surface area (Å²) < 4.78 is 0. The number of amides is 2. The van der Waals surface area contributed by atoms with Crippen LogP contribution in [0.15, 0.2) is 30.3 Å². The van der Waals surface area contributed by atoms with Crippen LogP contribution in [0.4, 0.5) is 0 Å². The molecule has 0 heterocycles. The van der Waals surface area contributed by atoms with Gasteiger partial charge in [0.15, 0.2) is 0 Å². The second kappa shape index (κ2) is 8.35. The maximum atomic E-state index is 12.2. The van der Waals surface area contributed by atoms with Crippen molar-refractivity contribution in [1.29, 1.82) is 0 Å². The molecule has 4 nitrogen and oxygen atoms in total. The van der Waals surface area contributed by atoms with E-state index < -0.39 is 0 Å². The molecule has 1 aromatic rings. The van der Waals surface area contributed by atoms with Crippen LogP contribution < -0.4 is 10.6 Å². The molecule has 2 N–H and O–H groups in total. The molecule has 0 saturated carbocycles. The molecule has 1 aromatic carbocycles. The first kappa shape index (κ1) is 16.2. The Morgan fingerprint density at radius 3 is 2.35 bits per heavy atom. The average Bonchev–Trinajstić information content (AvgIpc) is 2.42. The summed E-state index contributed by atoms with van der Waals surface area (Å²) in [5, 5.41) is 5.48. The molecule has 1 atom stereocenters. The van der Waals surface area contributed by atoms with Gasteiger partial charge in [0.05, 0.1) is 12.5 Å². The van der Waals surface area contributed by atoms with Crippen molar-refractivity contribution in [3.63, 3.8) is 0 Å². The Labute approximate surface area is 121 Å². The van der Waals surface area contributed by atoms with Crippen molar-refractivity contribution in [2.45, 2.75) is 45.6 Å². The Morgan fingerprint density at radius 2 is 1.80 bits per heavy atom. The van der Waals surface area contributed by atoms with Gasteiger partial charge in [-0.1, -0.05) is 43.7 Å². The molecule has 1 unspecified atom stereocenters. The Bertz CT molecular complexity index is 429. The molecule has 0 aliphatic heterocycles. The minimum absolute atomic E-state index is 0.0318. The average molecular weight is 276 g/mol. The summed E-state index contributed by atoms with van der Waals surface area (Å²) in [5.74, 6) is -0.429. The summed E-state index contributed by atoms with van der Waals surface area (Å²) in [7, 11) is 0. The molecular weight excluding hydrogens is 252 g/mol. The summed E-state index contributed by atoms with van der Waals surface area (Å²) in [6.07, 6.45) is 1.70. The van der Waals surface area contributed by atoms with Gasteiger partial charge in [-0.25, -0.2) is 0 Å². The molecule has 20 heavy (non-hydrogen) atoms. The van der Waals surface area contributed by atoms with Crippen molar-refractivity contribution in [1.82, 2.24) is 10.6 Å². The number of nitrogens with one attached hydrogen (secondary N) is 2. The van der Waals surface area contributed by atoms with E-state index in [-0.39, 0.29) is 30.3 Å². The third-order valence-corrected chi connectivity index (χ3v) is 2.97. The lowest BCUT2D eigenvalue weighted by atomic mass is 9.94. The third kappa shape index (κ3) is 5.43.